The molecule has 4 aromatic rings. The van der Waals surface area contributed by atoms with E-state index < -0.39 is 9.84 Å². The zero-order chi connectivity index (χ0) is 30.1. The first-order valence-corrected chi connectivity index (χ1v) is 16.2. The van der Waals surface area contributed by atoms with E-state index in [1.165, 1.54) is 10.8 Å². The first-order valence-electron chi connectivity index (χ1n) is 14.1. The summed E-state index contributed by atoms with van der Waals surface area (Å²) in [4.78, 5) is 24.5. The second-order valence-electron chi connectivity index (χ2n) is 10.5. The molecule has 2 heterocycles. The van der Waals surface area contributed by atoms with Crippen molar-refractivity contribution in [3.05, 3.63) is 81.9 Å². The molecule has 224 valence electrons. The molecule has 0 fully saturated rings. The average molecular weight is 593 g/mol. The molecule has 12 heteroatoms. The van der Waals surface area contributed by atoms with Gasteiger partial charge in [0.25, 0.3) is 0 Å². The lowest BCUT2D eigenvalue weighted by Gasteiger charge is -2.09. The number of nitrogens with zero attached hydrogens (tertiary/aromatic N) is 3. The third-order valence-corrected chi connectivity index (χ3v) is 7.85. The van der Waals surface area contributed by atoms with E-state index in [-0.39, 0.29) is 17.4 Å². The van der Waals surface area contributed by atoms with Crippen LogP contribution in [0.15, 0.2) is 64.5 Å². The molecule has 11 nitrogen and oxygen atoms in total. The van der Waals surface area contributed by atoms with Gasteiger partial charge in [-0.25, -0.2) is 13.2 Å². The summed E-state index contributed by atoms with van der Waals surface area (Å²) >= 11 is 0. The molecule has 0 aliphatic rings. The minimum atomic E-state index is -3.09. The van der Waals surface area contributed by atoms with Crippen molar-refractivity contribution >= 4 is 26.8 Å². The van der Waals surface area contributed by atoms with Crippen LogP contribution in [0.3, 0.4) is 0 Å². The van der Waals surface area contributed by atoms with Crippen molar-refractivity contribution in [3.8, 4) is 16.9 Å². The van der Waals surface area contributed by atoms with Crippen molar-refractivity contribution in [3.63, 3.8) is 0 Å². The Bertz CT molecular complexity index is 1690. The number of guanidine groups is 1. The van der Waals surface area contributed by atoms with Crippen LogP contribution in [0.4, 0.5) is 0 Å². The number of nitrogens with one attached hydrogen (secondary N) is 2. The average Bonchev–Trinajstić information content (AvgIpc) is 3.36. The maximum Gasteiger partial charge on any atom is 0.354 e. The van der Waals surface area contributed by atoms with Crippen LogP contribution in [0.25, 0.3) is 28.0 Å². The van der Waals surface area contributed by atoms with Gasteiger partial charge < -0.3 is 27.5 Å². The van der Waals surface area contributed by atoms with Crippen LogP contribution < -0.4 is 28.2 Å². The van der Waals surface area contributed by atoms with Crippen LogP contribution in [0.5, 0.6) is 0 Å². The molecule has 0 radical (unpaired) electrons. The molecule has 0 unspecified atom stereocenters. The Morgan fingerprint density at radius 3 is 2.43 bits per heavy atom. The van der Waals surface area contributed by atoms with Gasteiger partial charge in [0.1, 0.15) is 15.5 Å². The Morgan fingerprint density at radius 2 is 1.74 bits per heavy atom. The van der Waals surface area contributed by atoms with Crippen LogP contribution >= 0.6 is 0 Å². The Balaban J connectivity index is 1.53. The predicted octanol–water partition coefficient (Wildman–Crippen LogP) is 2.00. The third kappa shape index (κ3) is 9.00. The topological polar surface area (TPSA) is 187 Å². The molecule has 0 saturated heterocycles. The summed E-state index contributed by atoms with van der Waals surface area (Å²) in [6.07, 6.45) is 7.03. The SMILES string of the molecule is CS(=O)(=O)CCc1cc(CCCCN)cc(-c2cc3cn(-c4ccc(CNCCCN=C(N)N)cc4)c(=O)nc3[nH]2)c1. The van der Waals surface area contributed by atoms with E-state index in [1.54, 1.807) is 6.20 Å². The summed E-state index contributed by atoms with van der Waals surface area (Å²) < 4.78 is 25.1. The smallest absolute Gasteiger partial charge is 0.354 e. The normalized spacial score (nSPS) is 11.7. The number of aromatic nitrogens is 3. The zero-order valence-corrected chi connectivity index (χ0v) is 24.8. The largest absolute Gasteiger partial charge is 0.370 e. The highest BCUT2D eigenvalue weighted by Gasteiger charge is 2.12. The lowest BCUT2D eigenvalue weighted by molar-refractivity contribution is 0.601. The number of aliphatic imine (C=N–C) groups is 1. The summed E-state index contributed by atoms with van der Waals surface area (Å²) in [6, 6.07) is 15.9. The van der Waals surface area contributed by atoms with E-state index >= 15 is 0 Å². The fourth-order valence-electron chi connectivity index (χ4n) is 4.74. The van der Waals surface area contributed by atoms with Crippen LogP contribution in [0.1, 0.15) is 36.0 Å². The lowest BCUT2D eigenvalue weighted by Crippen LogP contribution is -2.23. The molecule has 8 N–H and O–H groups in total. The lowest BCUT2D eigenvalue weighted by atomic mass is 9.99. The molecular weight excluding hydrogens is 552 g/mol. The molecule has 0 bridgehead atoms. The Kier molecular flexibility index (Phi) is 10.5. The number of fused-ring (bicyclic) bond motifs is 1. The van der Waals surface area contributed by atoms with Crippen molar-refractivity contribution in [2.45, 2.75) is 38.6 Å². The van der Waals surface area contributed by atoms with Gasteiger partial charge in [-0.3, -0.25) is 9.56 Å². The highest BCUT2D eigenvalue weighted by molar-refractivity contribution is 7.90. The number of benzene rings is 2. The Morgan fingerprint density at radius 1 is 1.00 bits per heavy atom. The van der Waals surface area contributed by atoms with E-state index in [9.17, 15) is 13.2 Å². The van der Waals surface area contributed by atoms with Gasteiger partial charge in [0.15, 0.2) is 5.96 Å². The van der Waals surface area contributed by atoms with Crippen LogP contribution in [-0.2, 0) is 29.2 Å². The number of rotatable bonds is 15. The highest BCUT2D eigenvalue weighted by Crippen LogP contribution is 2.26. The van der Waals surface area contributed by atoms with Gasteiger partial charge in [0.2, 0.25) is 0 Å². The van der Waals surface area contributed by atoms with Gasteiger partial charge in [-0.05, 0) is 97.8 Å². The fraction of sp³-hybridized carbons (Fsp3) is 0.367. The van der Waals surface area contributed by atoms with E-state index in [0.29, 0.717) is 31.7 Å². The molecule has 0 aliphatic carbocycles. The maximum absolute atomic E-state index is 12.9. The highest BCUT2D eigenvalue weighted by atomic mass is 32.2. The molecule has 0 amide bonds. The zero-order valence-electron chi connectivity index (χ0n) is 24.0. The number of hydrogen-bond acceptors (Lipinski definition) is 7. The van der Waals surface area contributed by atoms with E-state index in [1.807, 2.05) is 36.4 Å². The molecule has 4 rings (SSSR count). The van der Waals surface area contributed by atoms with Crippen molar-refractivity contribution in [2.24, 2.45) is 22.2 Å². The number of nitrogens with two attached hydrogens (primary N) is 3. The van der Waals surface area contributed by atoms with E-state index in [0.717, 1.165) is 71.2 Å². The van der Waals surface area contributed by atoms with Gasteiger partial charge in [0, 0.05) is 36.6 Å². The minimum Gasteiger partial charge on any atom is -0.370 e. The summed E-state index contributed by atoms with van der Waals surface area (Å²) in [5.74, 6) is 0.185. The Labute approximate surface area is 246 Å². The second-order valence-corrected chi connectivity index (χ2v) is 12.8. The van der Waals surface area contributed by atoms with Gasteiger partial charge >= 0.3 is 5.69 Å². The molecule has 0 spiro atoms. The number of sulfone groups is 1. The van der Waals surface area contributed by atoms with Crippen LogP contribution in [-0.4, -0.2) is 60.6 Å². The van der Waals surface area contributed by atoms with E-state index in [2.05, 4.69) is 32.4 Å². The maximum atomic E-state index is 12.9. The molecule has 2 aromatic heterocycles. The summed E-state index contributed by atoms with van der Waals surface area (Å²) in [5.41, 5.74) is 22.1. The summed E-state index contributed by atoms with van der Waals surface area (Å²) in [7, 11) is -3.09. The first-order chi connectivity index (χ1) is 20.1. The molecule has 42 heavy (non-hydrogen) atoms. The molecule has 0 saturated carbocycles. The van der Waals surface area contributed by atoms with Gasteiger partial charge in [-0.15, -0.1) is 0 Å². The number of aromatic amines is 1. The number of hydrogen-bond donors (Lipinski definition) is 5. The molecule has 2 aromatic carbocycles. The monoisotopic (exact) mass is 592 g/mol. The van der Waals surface area contributed by atoms with Gasteiger partial charge in [-0.2, -0.15) is 4.98 Å². The molecule has 0 aliphatic heterocycles. The number of unbranched alkanes of at least 4 members (excludes halogenated alkanes) is 1. The van der Waals surface area contributed by atoms with Crippen molar-refractivity contribution < 1.29 is 8.42 Å². The van der Waals surface area contributed by atoms with Gasteiger partial charge in [-0.1, -0.05) is 18.2 Å². The minimum absolute atomic E-state index is 0.0841. The molecule has 0 atom stereocenters. The van der Waals surface area contributed by atoms with Crippen LogP contribution in [0.2, 0.25) is 0 Å². The first kappa shape index (κ1) is 30.9. The fourth-order valence-corrected chi connectivity index (χ4v) is 5.34. The van der Waals surface area contributed by atoms with Crippen molar-refractivity contribution in [1.82, 2.24) is 19.9 Å². The van der Waals surface area contributed by atoms with E-state index in [4.69, 9.17) is 17.2 Å². The quantitative estimate of drug-likeness (QED) is 0.0787. The third-order valence-electron chi connectivity index (χ3n) is 6.90. The predicted molar refractivity (Wildman–Crippen MR) is 170 cm³/mol. The van der Waals surface area contributed by atoms with Gasteiger partial charge in [0.05, 0.1) is 11.4 Å². The van der Waals surface area contributed by atoms with Crippen molar-refractivity contribution in [1.29, 1.82) is 0 Å². The number of aryl methyl sites for hydroxylation is 2. The molecular formula is C30H40N8O3S. The second kappa shape index (κ2) is 14.3. The number of H-pyrrole nitrogens is 1. The van der Waals surface area contributed by atoms with Crippen LogP contribution in [0, 0.1) is 0 Å². The van der Waals surface area contributed by atoms with Crippen molar-refractivity contribution in [2.75, 3.05) is 31.6 Å². The summed E-state index contributed by atoms with van der Waals surface area (Å²) in [5, 5.41) is 4.15. The standard InChI is InChI=1S/C30H40N8O3S/c1-42(40,41)14-10-23-15-22(5-2-3-11-31)16-24(17-23)27-18-25-20-38(30(39)37-28(25)36-27)26-8-6-21(7-9-26)19-34-12-4-13-35-29(32)33/h6-9,15-18,20,34H,2-5,10-14,19,31H2,1H3,(H4,32,33,35)(H,36,37,39). The summed E-state index contributed by atoms with van der Waals surface area (Å²) in [6.45, 7) is 2.68. The Hall–Kier alpha value is -4.00.